The Hall–Kier alpha value is -3.16. The first-order valence-electron chi connectivity index (χ1n) is 9.15. The summed E-state index contributed by atoms with van der Waals surface area (Å²) >= 11 is 0. The predicted octanol–water partition coefficient (Wildman–Crippen LogP) is 3.85. The molecule has 0 bridgehead atoms. The van der Waals surface area contributed by atoms with Crippen LogP contribution in [0.4, 0.5) is 9.59 Å². The van der Waals surface area contributed by atoms with E-state index in [0.717, 1.165) is 12.8 Å². The number of amides is 2. The maximum Gasteiger partial charge on any atom is 0.412 e. The van der Waals surface area contributed by atoms with Crippen LogP contribution in [0, 0.1) is 0 Å². The van der Waals surface area contributed by atoms with E-state index >= 15 is 0 Å². The van der Waals surface area contributed by atoms with Crippen molar-refractivity contribution in [3.63, 3.8) is 0 Å². The summed E-state index contributed by atoms with van der Waals surface area (Å²) in [6.07, 6.45) is 0.328. The molecule has 8 heteroatoms. The first kappa shape index (κ1) is 21.1. The van der Waals surface area contributed by atoms with E-state index in [0.29, 0.717) is 23.9 Å². The Balaban J connectivity index is 2.57. The van der Waals surface area contributed by atoms with Gasteiger partial charge in [-0.3, -0.25) is 0 Å². The van der Waals surface area contributed by atoms with Crippen molar-refractivity contribution >= 4 is 23.0 Å². The Labute approximate surface area is 164 Å². The molecule has 0 unspecified atom stereocenters. The van der Waals surface area contributed by atoms with Crippen molar-refractivity contribution in [2.24, 2.45) is 0 Å². The lowest BCUT2D eigenvalue weighted by molar-refractivity contribution is 0.195. The van der Waals surface area contributed by atoms with Gasteiger partial charge in [0, 0.05) is 23.9 Å². The van der Waals surface area contributed by atoms with Crippen LogP contribution in [-0.2, 0) is 0 Å². The van der Waals surface area contributed by atoms with E-state index in [1.807, 2.05) is 13.8 Å². The summed E-state index contributed by atoms with van der Waals surface area (Å²) in [5.41, 5.74) is 0. The molecule has 0 spiro atoms. The monoisotopic (exact) mass is 390 g/mol. The van der Waals surface area contributed by atoms with Crippen LogP contribution in [0.2, 0.25) is 0 Å². The average Bonchev–Trinajstić information content (AvgIpc) is 2.71. The van der Waals surface area contributed by atoms with E-state index in [1.54, 1.807) is 24.3 Å². The van der Waals surface area contributed by atoms with Gasteiger partial charge in [0.15, 0.2) is 11.5 Å². The van der Waals surface area contributed by atoms with Crippen LogP contribution < -0.4 is 29.6 Å². The molecule has 0 aliphatic heterocycles. The standard InChI is InChI=1S/C20H26N2O6/c1-5-11-21-19(23)27-15-13-9-7-8-10-14(13)16(18(26-4)17(15)25-3)28-20(24)22-12-6-2/h7-10H,5-6,11-12H2,1-4H3,(H,21,23)(H,22,24). The summed E-state index contributed by atoms with van der Waals surface area (Å²) in [5.74, 6) is 0.687. The van der Waals surface area contributed by atoms with Crippen LogP contribution in [0.15, 0.2) is 24.3 Å². The zero-order valence-electron chi connectivity index (χ0n) is 16.6. The van der Waals surface area contributed by atoms with Gasteiger partial charge in [-0.2, -0.15) is 0 Å². The molecule has 2 amide bonds. The van der Waals surface area contributed by atoms with Crippen LogP contribution in [0.3, 0.4) is 0 Å². The molecular formula is C20H26N2O6. The number of carbonyl (C=O) groups is 2. The Morgan fingerprint density at radius 3 is 1.46 bits per heavy atom. The first-order chi connectivity index (χ1) is 13.6. The number of methoxy groups -OCH3 is 2. The molecule has 2 rings (SSSR count). The summed E-state index contributed by atoms with van der Waals surface area (Å²) in [6, 6.07) is 7.06. The van der Waals surface area contributed by atoms with Gasteiger partial charge in [0.2, 0.25) is 11.5 Å². The summed E-state index contributed by atoms with van der Waals surface area (Å²) in [5, 5.41) is 6.40. The van der Waals surface area contributed by atoms with Gasteiger partial charge in [-0.15, -0.1) is 0 Å². The van der Waals surface area contributed by atoms with E-state index in [-0.39, 0.29) is 23.0 Å². The minimum absolute atomic E-state index is 0.158. The number of ether oxygens (including phenoxy) is 4. The molecule has 8 nitrogen and oxygen atoms in total. The highest BCUT2D eigenvalue weighted by Gasteiger charge is 2.26. The molecule has 0 aliphatic carbocycles. The van der Waals surface area contributed by atoms with Crippen molar-refractivity contribution in [2.75, 3.05) is 27.3 Å². The zero-order chi connectivity index (χ0) is 20.5. The Kier molecular flexibility index (Phi) is 7.74. The largest absolute Gasteiger partial charge is 0.490 e. The van der Waals surface area contributed by atoms with Crippen molar-refractivity contribution < 1.29 is 28.5 Å². The van der Waals surface area contributed by atoms with E-state index in [9.17, 15) is 9.59 Å². The molecule has 28 heavy (non-hydrogen) atoms. The third-order valence-corrected chi connectivity index (χ3v) is 3.87. The highest BCUT2D eigenvalue weighted by Crippen LogP contribution is 2.51. The quantitative estimate of drug-likeness (QED) is 0.711. The molecule has 0 saturated carbocycles. The molecule has 2 aromatic rings. The minimum atomic E-state index is -0.610. The summed E-state index contributed by atoms with van der Waals surface area (Å²) in [4.78, 5) is 24.3. The molecule has 0 aromatic heterocycles. The molecule has 0 saturated heterocycles. The highest BCUT2D eigenvalue weighted by atomic mass is 16.6. The number of benzene rings is 2. The van der Waals surface area contributed by atoms with Gasteiger partial charge < -0.3 is 29.6 Å². The maximum absolute atomic E-state index is 12.1. The topological polar surface area (TPSA) is 95.1 Å². The Bertz CT molecular complexity index is 769. The highest BCUT2D eigenvalue weighted by molar-refractivity contribution is 6.01. The fraction of sp³-hybridized carbons (Fsp3) is 0.400. The van der Waals surface area contributed by atoms with Gasteiger partial charge >= 0.3 is 12.2 Å². The van der Waals surface area contributed by atoms with E-state index in [1.165, 1.54) is 14.2 Å². The number of carbonyl (C=O) groups excluding carboxylic acids is 2. The van der Waals surface area contributed by atoms with Gasteiger partial charge in [0.25, 0.3) is 0 Å². The fourth-order valence-corrected chi connectivity index (χ4v) is 2.62. The number of nitrogens with one attached hydrogen (secondary N) is 2. The molecule has 2 aromatic carbocycles. The molecule has 0 aliphatic rings. The van der Waals surface area contributed by atoms with Gasteiger partial charge in [0.1, 0.15) is 0 Å². The number of hydrogen-bond donors (Lipinski definition) is 2. The zero-order valence-corrected chi connectivity index (χ0v) is 16.6. The second kappa shape index (κ2) is 10.2. The van der Waals surface area contributed by atoms with Gasteiger partial charge in [-0.1, -0.05) is 38.1 Å². The molecule has 2 N–H and O–H groups in total. The number of rotatable bonds is 8. The Morgan fingerprint density at radius 1 is 0.750 bits per heavy atom. The normalized spacial score (nSPS) is 10.3. The van der Waals surface area contributed by atoms with Crippen LogP contribution in [-0.4, -0.2) is 39.5 Å². The third kappa shape index (κ3) is 4.76. The second-order valence-corrected chi connectivity index (χ2v) is 5.90. The lowest BCUT2D eigenvalue weighted by atomic mass is 10.1. The SMILES string of the molecule is CCCNC(=O)Oc1c(OC)c(OC)c(OC(=O)NCCC)c2ccccc12. The van der Waals surface area contributed by atoms with Gasteiger partial charge in [-0.05, 0) is 12.8 Å². The number of fused-ring (bicyclic) bond motifs is 1. The van der Waals surface area contributed by atoms with Crippen molar-refractivity contribution in [3.05, 3.63) is 24.3 Å². The molecule has 152 valence electrons. The first-order valence-corrected chi connectivity index (χ1v) is 9.15. The van der Waals surface area contributed by atoms with E-state index in [2.05, 4.69) is 10.6 Å². The molecule has 0 radical (unpaired) electrons. The summed E-state index contributed by atoms with van der Waals surface area (Å²) in [7, 11) is 2.84. The maximum atomic E-state index is 12.1. The van der Waals surface area contributed by atoms with Gasteiger partial charge in [-0.25, -0.2) is 9.59 Å². The Morgan fingerprint density at radius 2 is 1.14 bits per heavy atom. The van der Waals surface area contributed by atoms with Crippen LogP contribution in [0.1, 0.15) is 26.7 Å². The smallest absolute Gasteiger partial charge is 0.412 e. The predicted molar refractivity (Wildman–Crippen MR) is 106 cm³/mol. The fourth-order valence-electron chi connectivity index (χ4n) is 2.62. The molecule has 0 fully saturated rings. The minimum Gasteiger partial charge on any atom is -0.490 e. The summed E-state index contributed by atoms with van der Waals surface area (Å²) < 4.78 is 21.9. The van der Waals surface area contributed by atoms with Crippen LogP contribution in [0.5, 0.6) is 23.0 Å². The van der Waals surface area contributed by atoms with Crippen LogP contribution in [0.25, 0.3) is 10.8 Å². The second-order valence-electron chi connectivity index (χ2n) is 5.90. The van der Waals surface area contributed by atoms with E-state index in [4.69, 9.17) is 18.9 Å². The molecule has 0 heterocycles. The molecular weight excluding hydrogens is 364 g/mol. The van der Waals surface area contributed by atoms with Crippen molar-refractivity contribution in [1.82, 2.24) is 10.6 Å². The molecule has 0 atom stereocenters. The van der Waals surface area contributed by atoms with Gasteiger partial charge in [0.05, 0.1) is 14.2 Å². The van der Waals surface area contributed by atoms with Crippen molar-refractivity contribution in [3.8, 4) is 23.0 Å². The lowest BCUT2D eigenvalue weighted by Gasteiger charge is -2.19. The van der Waals surface area contributed by atoms with Crippen molar-refractivity contribution in [1.29, 1.82) is 0 Å². The van der Waals surface area contributed by atoms with E-state index < -0.39 is 12.2 Å². The summed E-state index contributed by atoms with van der Waals surface area (Å²) in [6.45, 7) is 4.84. The third-order valence-electron chi connectivity index (χ3n) is 3.87. The lowest BCUT2D eigenvalue weighted by Crippen LogP contribution is -2.28. The van der Waals surface area contributed by atoms with Crippen LogP contribution >= 0.6 is 0 Å². The number of hydrogen-bond acceptors (Lipinski definition) is 6. The average molecular weight is 390 g/mol. The van der Waals surface area contributed by atoms with Crippen molar-refractivity contribution in [2.45, 2.75) is 26.7 Å².